The fourth-order valence-corrected chi connectivity index (χ4v) is 3.40. The van der Waals surface area contributed by atoms with Gasteiger partial charge in [0.05, 0.1) is 7.11 Å². The standard InChI is InChI=1S/C17H17NO2.C8H10.C4H8N2O2/c1-20-16-7-8-17-13(11-16)10-14(18-17)6-5-12-3-2-4-15(19)9-12;1-2-8-6-4-3-5-7-8;7-3-5-1-2-6-4-8/h2-4,7-11,18-19H,5-6H2,1H3;3-7H,2H2,1H3;3-4H,1-2H2,(H,5,7)(H,6,8). The molecule has 1 aromatic heterocycles. The lowest BCUT2D eigenvalue weighted by atomic mass is 10.1. The Morgan fingerprint density at radius 2 is 1.53 bits per heavy atom. The summed E-state index contributed by atoms with van der Waals surface area (Å²) in [6.45, 7) is 3.14. The van der Waals surface area contributed by atoms with Crippen molar-refractivity contribution in [2.24, 2.45) is 0 Å². The number of amides is 2. The summed E-state index contributed by atoms with van der Waals surface area (Å²) in [4.78, 5) is 22.5. The zero-order valence-corrected chi connectivity index (χ0v) is 20.9. The quantitative estimate of drug-likeness (QED) is 0.196. The van der Waals surface area contributed by atoms with E-state index in [2.05, 4.69) is 52.9 Å². The molecule has 0 unspecified atom stereocenters. The molecule has 3 aromatic carbocycles. The van der Waals surface area contributed by atoms with E-state index in [4.69, 9.17) is 4.74 Å². The van der Waals surface area contributed by atoms with Crippen molar-refractivity contribution in [3.05, 3.63) is 95.7 Å². The molecule has 0 aliphatic heterocycles. The van der Waals surface area contributed by atoms with Gasteiger partial charge < -0.3 is 25.5 Å². The van der Waals surface area contributed by atoms with E-state index in [1.165, 1.54) is 11.3 Å². The molecular formula is C29H35N3O4. The van der Waals surface area contributed by atoms with Crippen LogP contribution < -0.4 is 15.4 Å². The van der Waals surface area contributed by atoms with Crippen molar-refractivity contribution in [1.29, 1.82) is 0 Å². The first kappa shape index (κ1) is 28.0. The molecule has 0 spiro atoms. The highest BCUT2D eigenvalue weighted by Crippen LogP contribution is 2.22. The molecule has 0 fully saturated rings. The van der Waals surface area contributed by atoms with E-state index >= 15 is 0 Å². The minimum atomic E-state index is 0.323. The summed E-state index contributed by atoms with van der Waals surface area (Å²) in [5, 5.41) is 15.4. The Kier molecular flexibility index (Phi) is 12.7. The van der Waals surface area contributed by atoms with Crippen molar-refractivity contribution in [2.75, 3.05) is 20.2 Å². The van der Waals surface area contributed by atoms with E-state index in [1.54, 1.807) is 13.2 Å². The van der Waals surface area contributed by atoms with Crippen LogP contribution in [0.5, 0.6) is 11.5 Å². The molecule has 0 saturated carbocycles. The molecule has 0 atom stereocenters. The van der Waals surface area contributed by atoms with Gasteiger partial charge in [0.1, 0.15) is 11.5 Å². The van der Waals surface area contributed by atoms with Crippen molar-refractivity contribution in [1.82, 2.24) is 15.6 Å². The van der Waals surface area contributed by atoms with Gasteiger partial charge in [-0.05, 0) is 66.8 Å². The van der Waals surface area contributed by atoms with E-state index in [0.717, 1.165) is 41.5 Å². The summed E-state index contributed by atoms with van der Waals surface area (Å²) >= 11 is 0. The molecule has 4 N–H and O–H groups in total. The topological polar surface area (TPSA) is 103 Å². The SMILES string of the molecule is CCc1ccccc1.COc1ccc2[nH]c(CCc3cccc(O)c3)cc2c1.O=CNCCNC=O. The summed E-state index contributed by atoms with van der Waals surface area (Å²) in [6, 6.07) is 26.0. The number of carbonyl (C=O) groups excluding carboxylic acids is 2. The van der Waals surface area contributed by atoms with E-state index in [1.807, 2.05) is 42.5 Å². The number of hydrogen-bond donors (Lipinski definition) is 4. The highest BCUT2D eigenvalue weighted by atomic mass is 16.5. The lowest BCUT2D eigenvalue weighted by molar-refractivity contribution is -0.111. The summed E-state index contributed by atoms with van der Waals surface area (Å²) in [5.41, 5.74) is 4.86. The number of carbonyl (C=O) groups is 2. The maximum Gasteiger partial charge on any atom is 0.207 e. The van der Waals surface area contributed by atoms with Crippen LogP contribution in [-0.2, 0) is 28.9 Å². The number of aromatic nitrogens is 1. The number of benzene rings is 3. The van der Waals surface area contributed by atoms with Crippen LogP contribution in [0.1, 0.15) is 23.7 Å². The molecule has 2 amide bonds. The van der Waals surface area contributed by atoms with Crippen molar-refractivity contribution in [2.45, 2.75) is 26.2 Å². The van der Waals surface area contributed by atoms with Gasteiger partial charge in [0.25, 0.3) is 0 Å². The average molecular weight is 490 g/mol. The van der Waals surface area contributed by atoms with Crippen LogP contribution in [0, 0.1) is 0 Å². The summed E-state index contributed by atoms with van der Waals surface area (Å²) < 4.78 is 5.23. The van der Waals surface area contributed by atoms with Gasteiger partial charge in [0.15, 0.2) is 0 Å². The van der Waals surface area contributed by atoms with Crippen molar-refractivity contribution in [3.8, 4) is 11.5 Å². The zero-order valence-electron chi connectivity index (χ0n) is 20.9. The molecule has 0 bridgehead atoms. The first-order valence-corrected chi connectivity index (χ1v) is 11.9. The maximum absolute atomic E-state index is 9.54. The molecule has 4 rings (SSSR count). The van der Waals surface area contributed by atoms with E-state index in [0.29, 0.717) is 31.7 Å². The highest BCUT2D eigenvalue weighted by molar-refractivity contribution is 5.81. The number of H-pyrrole nitrogens is 1. The van der Waals surface area contributed by atoms with Crippen LogP contribution in [0.4, 0.5) is 0 Å². The second kappa shape index (κ2) is 16.4. The van der Waals surface area contributed by atoms with Gasteiger partial charge in [-0.25, -0.2) is 0 Å². The number of ether oxygens (including phenoxy) is 1. The number of phenolic OH excluding ortho intramolecular Hbond substituents is 1. The van der Waals surface area contributed by atoms with Crippen LogP contribution in [-0.4, -0.2) is 43.1 Å². The molecule has 0 aliphatic carbocycles. The highest BCUT2D eigenvalue weighted by Gasteiger charge is 2.03. The second-order valence-corrected chi connectivity index (χ2v) is 7.90. The van der Waals surface area contributed by atoms with Crippen molar-refractivity contribution < 1.29 is 19.4 Å². The third-order valence-corrected chi connectivity index (χ3v) is 5.31. The predicted octanol–water partition coefficient (Wildman–Crippen LogP) is 4.39. The Balaban J connectivity index is 0.000000236. The van der Waals surface area contributed by atoms with Crippen LogP contribution in [0.3, 0.4) is 0 Å². The van der Waals surface area contributed by atoms with E-state index < -0.39 is 0 Å². The van der Waals surface area contributed by atoms with Crippen molar-refractivity contribution in [3.63, 3.8) is 0 Å². The predicted molar refractivity (Wildman–Crippen MR) is 144 cm³/mol. The van der Waals surface area contributed by atoms with E-state index in [-0.39, 0.29) is 0 Å². The minimum absolute atomic E-state index is 0.323. The molecule has 7 nitrogen and oxygen atoms in total. The van der Waals surface area contributed by atoms with Gasteiger partial charge in [-0.1, -0.05) is 49.4 Å². The van der Waals surface area contributed by atoms with Crippen LogP contribution in [0.25, 0.3) is 10.9 Å². The molecule has 0 saturated heterocycles. The molecule has 4 aromatic rings. The molecular weight excluding hydrogens is 454 g/mol. The lowest BCUT2D eigenvalue weighted by Gasteiger charge is -2.00. The number of fused-ring (bicyclic) bond motifs is 1. The normalized spacial score (nSPS) is 9.72. The Bertz CT molecular complexity index is 1170. The first-order chi connectivity index (χ1) is 17.6. The van der Waals surface area contributed by atoms with Gasteiger partial charge in [0, 0.05) is 29.7 Å². The summed E-state index contributed by atoms with van der Waals surface area (Å²) in [5.74, 6) is 1.19. The number of phenols is 1. The first-order valence-electron chi connectivity index (χ1n) is 11.9. The Labute approximate surface area is 212 Å². The Morgan fingerprint density at radius 3 is 2.11 bits per heavy atom. The monoisotopic (exact) mass is 489 g/mol. The molecule has 7 heteroatoms. The average Bonchev–Trinajstić information content (AvgIpc) is 3.33. The van der Waals surface area contributed by atoms with Gasteiger partial charge in [-0.3, -0.25) is 9.59 Å². The third-order valence-electron chi connectivity index (χ3n) is 5.31. The Hall–Kier alpha value is -4.26. The third kappa shape index (κ3) is 10.3. The molecule has 190 valence electrons. The summed E-state index contributed by atoms with van der Waals surface area (Å²) in [7, 11) is 1.68. The van der Waals surface area contributed by atoms with Crippen LogP contribution in [0.15, 0.2) is 78.9 Å². The Morgan fingerprint density at radius 1 is 0.833 bits per heavy atom. The summed E-state index contributed by atoms with van der Waals surface area (Å²) in [6.07, 6.45) is 4.14. The number of rotatable bonds is 10. The number of aryl methyl sites for hydroxylation is 3. The smallest absolute Gasteiger partial charge is 0.207 e. The van der Waals surface area contributed by atoms with Gasteiger partial charge in [0.2, 0.25) is 12.8 Å². The molecule has 36 heavy (non-hydrogen) atoms. The van der Waals surface area contributed by atoms with Gasteiger partial charge in [-0.15, -0.1) is 0 Å². The molecule has 0 radical (unpaired) electrons. The van der Waals surface area contributed by atoms with Crippen LogP contribution >= 0.6 is 0 Å². The van der Waals surface area contributed by atoms with E-state index in [9.17, 15) is 14.7 Å². The van der Waals surface area contributed by atoms with Crippen LogP contribution in [0.2, 0.25) is 0 Å². The number of aromatic hydroxyl groups is 1. The molecule has 1 heterocycles. The lowest BCUT2D eigenvalue weighted by Crippen LogP contribution is -2.25. The van der Waals surface area contributed by atoms with Gasteiger partial charge >= 0.3 is 0 Å². The fourth-order valence-electron chi connectivity index (χ4n) is 3.40. The number of aromatic amines is 1. The zero-order chi connectivity index (χ0) is 26.0. The fraction of sp³-hybridized carbons (Fsp3) is 0.241. The largest absolute Gasteiger partial charge is 0.508 e. The van der Waals surface area contributed by atoms with Gasteiger partial charge in [-0.2, -0.15) is 0 Å². The second-order valence-electron chi connectivity index (χ2n) is 7.90. The maximum atomic E-state index is 9.54. The number of methoxy groups -OCH3 is 1. The van der Waals surface area contributed by atoms with Crippen molar-refractivity contribution >= 4 is 23.7 Å². The number of hydrogen-bond acceptors (Lipinski definition) is 4. The molecule has 0 aliphatic rings. The minimum Gasteiger partial charge on any atom is -0.508 e. The number of nitrogens with one attached hydrogen (secondary N) is 3.